The van der Waals surface area contributed by atoms with Crippen LogP contribution in [0.3, 0.4) is 0 Å². The first-order valence-electron chi connectivity index (χ1n) is 4.25. The minimum atomic E-state index is 0.377. The lowest BCUT2D eigenvalue weighted by Crippen LogP contribution is -2.29. The molecular weight excluding hydrogens is 126 g/mol. The molecule has 0 aromatic heterocycles. The van der Waals surface area contributed by atoms with Crippen LogP contribution in [0, 0.1) is 5.92 Å². The van der Waals surface area contributed by atoms with Gasteiger partial charge in [0.05, 0.1) is 0 Å². The van der Waals surface area contributed by atoms with Crippen molar-refractivity contribution in [2.45, 2.75) is 26.7 Å². The van der Waals surface area contributed by atoms with Crippen molar-refractivity contribution in [2.24, 2.45) is 5.92 Å². The Morgan fingerprint density at radius 2 is 1.80 bits per heavy atom. The van der Waals surface area contributed by atoms with E-state index in [4.69, 9.17) is 5.11 Å². The molecule has 1 aliphatic rings. The third-order valence-corrected chi connectivity index (χ3v) is 1.72. The van der Waals surface area contributed by atoms with Gasteiger partial charge in [-0.1, -0.05) is 13.8 Å². The fourth-order valence-corrected chi connectivity index (χ4v) is 1.06. The largest absolute Gasteiger partial charge is 0.396 e. The van der Waals surface area contributed by atoms with Gasteiger partial charge in [-0.2, -0.15) is 0 Å². The van der Waals surface area contributed by atoms with Gasteiger partial charge in [-0.3, -0.25) is 0 Å². The maximum atomic E-state index is 8.66. The van der Waals surface area contributed by atoms with Crippen LogP contribution in [0.1, 0.15) is 26.7 Å². The number of rotatable bonds is 1. The molecule has 1 saturated heterocycles. The number of piperidine rings is 1. The van der Waals surface area contributed by atoms with E-state index in [0.717, 1.165) is 25.9 Å². The monoisotopic (exact) mass is 145 g/mol. The van der Waals surface area contributed by atoms with Crippen molar-refractivity contribution in [2.75, 3.05) is 19.7 Å². The van der Waals surface area contributed by atoms with Crippen LogP contribution < -0.4 is 5.32 Å². The lowest BCUT2D eigenvalue weighted by molar-refractivity contribution is 0.196. The molecule has 0 atom stereocenters. The molecule has 1 aliphatic heterocycles. The highest BCUT2D eigenvalue weighted by Gasteiger charge is 2.09. The highest BCUT2D eigenvalue weighted by atomic mass is 16.3. The number of nitrogens with one attached hydrogen (secondary N) is 1. The highest BCUT2D eigenvalue weighted by molar-refractivity contribution is 4.66. The van der Waals surface area contributed by atoms with E-state index in [2.05, 4.69) is 5.32 Å². The minimum absolute atomic E-state index is 0.377. The van der Waals surface area contributed by atoms with Gasteiger partial charge in [0.25, 0.3) is 0 Å². The molecule has 2 N–H and O–H groups in total. The van der Waals surface area contributed by atoms with Gasteiger partial charge in [0, 0.05) is 6.61 Å². The lowest BCUT2D eigenvalue weighted by atomic mass is 10.00. The van der Waals surface area contributed by atoms with E-state index in [1.807, 2.05) is 13.8 Å². The summed E-state index contributed by atoms with van der Waals surface area (Å²) in [6.45, 7) is 6.55. The third kappa shape index (κ3) is 3.85. The molecular formula is C8H19NO. The second-order valence-corrected chi connectivity index (χ2v) is 2.38. The molecule has 62 valence electrons. The Kier molecular flexibility index (Phi) is 6.98. The molecule has 0 radical (unpaired) electrons. The Hall–Kier alpha value is -0.0800. The Morgan fingerprint density at radius 3 is 2.10 bits per heavy atom. The van der Waals surface area contributed by atoms with Crippen molar-refractivity contribution in [3.8, 4) is 0 Å². The van der Waals surface area contributed by atoms with Crippen molar-refractivity contribution in [1.29, 1.82) is 0 Å². The first-order valence-corrected chi connectivity index (χ1v) is 4.25. The average Bonchev–Trinajstić information content (AvgIpc) is 2.10. The van der Waals surface area contributed by atoms with Gasteiger partial charge in [-0.25, -0.2) is 0 Å². The Bertz CT molecular complexity index is 60.3. The molecule has 0 spiro atoms. The molecule has 0 bridgehead atoms. The van der Waals surface area contributed by atoms with Gasteiger partial charge in [0.1, 0.15) is 0 Å². The third-order valence-electron chi connectivity index (χ3n) is 1.72. The molecule has 0 aromatic carbocycles. The second-order valence-electron chi connectivity index (χ2n) is 2.38. The standard InChI is InChI=1S/C6H13NO.C2H6/c8-5-6-1-3-7-4-2-6;1-2/h6-8H,1-5H2;1-2H3. The summed E-state index contributed by atoms with van der Waals surface area (Å²) in [6, 6.07) is 0. The molecule has 1 fully saturated rings. The van der Waals surface area contributed by atoms with Gasteiger partial charge in [0.2, 0.25) is 0 Å². The van der Waals surface area contributed by atoms with Crippen molar-refractivity contribution < 1.29 is 5.11 Å². The zero-order valence-electron chi connectivity index (χ0n) is 7.06. The van der Waals surface area contributed by atoms with Crippen LogP contribution in [0.4, 0.5) is 0 Å². The molecule has 0 aromatic rings. The van der Waals surface area contributed by atoms with Crippen molar-refractivity contribution >= 4 is 0 Å². The zero-order chi connectivity index (χ0) is 7.82. The number of hydrogen-bond acceptors (Lipinski definition) is 2. The number of aliphatic hydroxyl groups is 1. The predicted molar refractivity (Wildman–Crippen MR) is 44.0 cm³/mol. The molecule has 10 heavy (non-hydrogen) atoms. The molecule has 0 amide bonds. The van der Waals surface area contributed by atoms with E-state index < -0.39 is 0 Å². The Balaban J connectivity index is 0.000000371. The smallest absolute Gasteiger partial charge is 0.0460 e. The van der Waals surface area contributed by atoms with Gasteiger partial charge < -0.3 is 10.4 Å². The summed E-state index contributed by atoms with van der Waals surface area (Å²) in [6.07, 6.45) is 2.30. The average molecular weight is 145 g/mol. The van der Waals surface area contributed by atoms with E-state index in [0.29, 0.717) is 12.5 Å². The maximum absolute atomic E-state index is 8.66. The van der Waals surface area contributed by atoms with Gasteiger partial charge in [-0.15, -0.1) is 0 Å². The van der Waals surface area contributed by atoms with Crippen LogP contribution in [0.2, 0.25) is 0 Å². The normalized spacial score (nSPS) is 19.5. The fourth-order valence-electron chi connectivity index (χ4n) is 1.06. The SMILES string of the molecule is CC.OCC1CCNCC1. The van der Waals surface area contributed by atoms with E-state index in [-0.39, 0.29) is 0 Å². The highest BCUT2D eigenvalue weighted by Crippen LogP contribution is 2.08. The second kappa shape index (κ2) is 7.03. The van der Waals surface area contributed by atoms with Crippen molar-refractivity contribution in [3.63, 3.8) is 0 Å². The van der Waals surface area contributed by atoms with Crippen LogP contribution in [-0.2, 0) is 0 Å². The summed E-state index contributed by atoms with van der Waals surface area (Å²) in [5.41, 5.74) is 0. The summed E-state index contributed by atoms with van der Waals surface area (Å²) in [5.74, 6) is 0.580. The maximum Gasteiger partial charge on any atom is 0.0460 e. The minimum Gasteiger partial charge on any atom is -0.396 e. The van der Waals surface area contributed by atoms with Crippen molar-refractivity contribution in [3.05, 3.63) is 0 Å². The topological polar surface area (TPSA) is 32.3 Å². The Morgan fingerprint density at radius 1 is 1.30 bits per heavy atom. The van der Waals surface area contributed by atoms with Gasteiger partial charge in [0.15, 0.2) is 0 Å². The van der Waals surface area contributed by atoms with E-state index in [9.17, 15) is 0 Å². The summed E-state index contributed by atoms with van der Waals surface area (Å²) in [4.78, 5) is 0. The van der Waals surface area contributed by atoms with E-state index >= 15 is 0 Å². The summed E-state index contributed by atoms with van der Waals surface area (Å²) in [5, 5.41) is 11.9. The van der Waals surface area contributed by atoms with Crippen LogP contribution in [-0.4, -0.2) is 24.8 Å². The van der Waals surface area contributed by atoms with Gasteiger partial charge >= 0.3 is 0 Å². The molecule has 0 saturated carbocycles. The summed E-state index contributed by atoms with van der Waals surface area (Å²) >= 11 is 0. The Labute approximate surface area is 63.6 Å². The van der Waals surface area contributed by atoms with E-state index in [1.165, 1.54) is 0 Å². The predicted octanol–water partition coefficient (Wildman–Crippen LogP) is 1.00. The molecule has 2 heteroatoms. The summed E-state index contributed by atoms with van der Waals surface area (Å²) in [7, 11) is 0. The molecule has 1 heterocycles. The molecule has 0 unspecified atom stereocenters. The van der Waals surface area contributed by atoms with Crippen LogP contribution in [0.5, 0.6) is 0 Å². The van der Waals surface area contributed by atoms with E-state index in [1.54, 1.807) is 0 Å². The van der Waals surface area contributed by atoms with Gasteiger partial charge in [-0.05, 0) is 31.8 Å². The number of aliphatic hydroxyl groups excluding tert-OH is 1. The summed E-state index contributed by atoms with van der Waals surface area (Å²) < 4.78 is 0. The van der Waals surface area contributed by atoms with Crippen LogP contribution in [0.25, 0.3) is 0 Å². The van der Waals surface area contributed by atoms with Crippen molar-refractivity contribution in [1.82, 2.24) is 5.32 Å². The first-order chi connectivity index (χ1) is 4.93. The lowest BCUT2D eigenvalue weighted by Gasteiger charge is -2.19. The molecule has 1 rings (SSSR count). The molecule has 0 aliphatic carbocycles. The molecule has 2 nitrogen and oxygen atoms in total. The first kappa shape index (κ1) is 9.92. The zero-order valence-corrected chi connectivity index (χ0v) is 7.06. The number of hydrogen-bond donors (Lipinski definition) is 2. The fraction of sp³-hybridized carbons (Fsp3) is 1.00. The van der Waals surface area contributed by atoms with Crippen LogP contribution in [0.15, 0.2) is 0 Å². The quantitative estimate of drug-likeness (QED) is 0.577. The van der Waals surface area contributed by atoms with Crippen LogP contribution >= 0.6 is 0 Å².